The van der Waals surface area contributed by atoms with Crippen LogP contribution >= 0.6 is 0 Å². The largest absolute Gasteiger partial charge is 0.360 e. The Morgan fingerprint density at radius 3 is 3.06 bits per heavy atom. The number of pyridine rings is 1. The summed E-state index contributed by atoms with van der Waals surface area (Å²) in [4.78, 5) is 15.4. The number of aryl methyl sites for hydroxylation is 1. The summed E-state index contributed by atoms with van der Waals surface area (Å²) in [6, 6.07) is 5.01. The van der Waals surface area contributed by atoms with Crippen LogP contribution in [0.3, 0.4) is 0 Å². The molecule has 0 unspecified atom stereocenters. The highest BCUT2D eigenvalue weighted by Crippen LogP contribution is 2.06. The highest BCUT2D eigenvalue weighted by Gasteiger charge is 2.05. The average Bonchev–Trinajstić information content (AvgIpc) is 2.73. The predicted molar refractivity (Wildman–Crippen MR) is 61.3 cm³/mol. The van der Waals surface area contributed by atoms with Gasteiger partial charge in [-0.15, -0.1) is 0 Å². The van der Waals surface area contributed by atoms with Gasteiger partial charge in [0.1, 0.15) is 5.76 Å². The molecule has 0 bridgehead atoms. The molecule has 0 saturated heterocycles. The Labute approximate surface area is 98.0 Å². The van der Waals surface area contributed by atoms with Crippen LogP contribution in [-0.2, 0) is 6.54 Å². The number of anilines is 1. The Hall–Kier alpha value is -2.37. The van der Waals surface area contributed by atoms with E-state index in [0.717, 1.165) is 5.56 Å². The van der Waals surface area contributed by atoms with E-state index in [2.05, 4.69) is 20.8 Å². The molecule has 0 aromatic carbocycles. The molecule has 6 nitrogen and oxygen atoms in total. The first-order valence-electron chi connectivity index (χ1n) is 5.11. The van der Waals surface area contributed by atoms with E-state index >= 15 is 0 Å². The number of hydrogen-bond acceptors (Lipinski definition) is 4. The maximum Gasteiger partial charge on any atom is 0.320 e. The van der Waals surface area contributed by atoms with Crippen molar-refractivity contribution >= 4 is 11.8 Å². The van der Waals surface area contributed by atoms with E-state index < -0.39 is 0 Å². The second-order valence-electron chi connectivity index (χ2n) is 3.49. The fourth-order valence-electron chi connectivity index (χ4n) is 1.27. The number of urea groups is 1. The van der Waals surface area contributed by atoms with Crippen LogP contribution in [0.1, 0.15) is 11.3 Å². The number of hydrogen-bond donors (Lipinski definition) is 2. The minimum atomic E-state index is -0.331. The average molecular weight is 232 g/mol. The zero-order valence-corrected chi connectivity index (χ0v) is 9.30. The minimum absolute atomic E-state index is 0.331. The Bertz CT molecular complexity index is 495. The van der Waals surface area contributed by atoms with E-state index in [4.69, 9.17) is 4.52 Å². The molecule has 6 heteroatoms. The molecular weight excluding hydrogens is 220 g/mol. The molecule has 0 aliphatic carbocycles. The molecule has 0 atom stereocenters. The highest BCUT2D eigenvalue weighted by molar-refractivity contribution is 5.88. The van der Waals surface area contributed by atoms with E-state index in [1.165, 1.54) is 0 Å². The molecule has 17 heavy (non-hydrogen) atoms. The maximum absolute atomic E-state index is 11.5. The van der Waals surface area contributed by atoms with E-state index in [1.54, 1.807) is 25.4 Å². The van der Waals surface area contributed by atoms with Crippen LogP contribution in [0.4, 0.5) is 10.6 Å². The number of rotatable bonds is 3. The van der Waals surface area contributed by atoms with Gasteiger partial charge in [0.25, 0.3) is 0 Å². The van der Waals surface area contributed by atoms with Crippen molar-refractivity contribution in [2.75, 3.05) is 5.32 Å². The Balaban J connectivity index is 1.82. The van der Waals surface area contributed by atoms with Crippen molar-refractivity contribution in [1.82, 2.24) is 15.5 Å². The van der Waals surface area contributed by atoms with Crippen LogP contribution in [0.25, 0.3) is 0 Å². The lowest BCUT2D eigenvalue weighted by molar-refractivity contribution is 0.251. The third-order valence-electron chi connectivity index (χ3n) is 2.05. The van der Waals surface area contributed by atoms with Crippen LogP contribution in [0.2, 0.25) is 0 Å². The van der Waals surface area contributed by atoms with E-state index in [1.807, 2.05) is 12.1 Å². The van der Waals surface area contributed by atoms with Gasteiger partial charge in [0.05, 0.1) is 0 Å². The van der Waals surface area contributed by atoms with E-state index in [9.17, 15) is 4.79 Å². The summed E-state index contributed by atoms with van der Waals surface area (Å²) in [5.74, 6) is 1.04. The molecule has 0 spiro atoms. The van der Waals surface area contributed by atoms with Crippen molar-refractivity contribution in [2.24, 2.45) is 0 Å². The number of aromatic nitrogens is 2. The van der Waals surface area contributed by atoms with Crippen molar-refractivity contribution in [1.29, 1.82) is 0 Å². The van der Waals surface area contributed by atoms with Crippen molar-refractivity contribution in [3.63, 3.8) is 0 Å². The standard InChI is InChI=1S/C11H12N4O2/c1-8-5-10(15-17-8)14-11(16)13-7-9-3-2-4-12-6-9/h2-6H,7H2,1H3,(H2,13,14,15,16). The first-order valence-corrected chi connectivity index (χ1v) is 5.11. The summed E-state index contributed by atoms with van der Waals surface area (Å²) >= 11 is 0. The first kappa shape index (κ1) is 11.1. The molecule has 2 aromatic rings. The molecule has 0 fully saturated rings. The summed E-state index contributed by atoms with van der Waals surface area (Å²) in [6.45, 7) is 2.17. The van der Waals surface area contributed by atoms with Gasteiger partial charge in [0.15, 0.2) is 5.82 Å². The lowest BCUT2D eigenvalue weighted by Gasteiger charge is -2.04. The summed E-state index contributed by atoms with van der Waals surface area (Å²) < 4.78 is 4.83. The third kappa shape index (κ3) is 3.30. The van der Waals surface area contributed by atoms with Crippen LogP contribution in [0.15, 0.2) is 35.1 Å². The second-order valence-corrected chi connectivity index (χ2v) is 3.49. The van der Waals surface area contributed by atoms with Gasteiger partial charge < -0.3 is 9.84 Å². The molecule has 2 amide bonds. The lowest BCUT2D eigenvalue weighted by Crippen LogP contribution is -2.28. The number of carbonyl (C=O) groups is 1. The van der Waals surface area contributed by atoms with Crippen molar-refractivity contribution in [2.45, 2.75) is 13.5 Å². The van der Waals surface area contributed by atoms with Crippen molar-refractivity contribution in [3.8, 4) is 0 Å². The molecule has 0 aliphatic heterocycles. The SMILES string of the molecule is Cc1cc(NC(=O)NCc2cccnc2)no1. The molecule has 2 heterocycles. The zero-order valence-electron chi connectivity index (χ0n) is 9.30. The molecule has 2 N–H and O–H groups in total. The molecule has 2 aromatic heterocycles. The molecule has 0 aliphatic rings. The lowest BCUT2D eigenvalue weighted by atomic mass is 10.3. The molecular formula is C11H12N4O2. The van der Waals surface area contributed by atoms with Crippen LogP contribution in [0, 0.1) is 6.92 Å². The van der Waals surface area contributed by atoms with E-state index in [0.29, 0.717) is 18.1 Å². The van der Waals surface area contributed by atoms with E-state index in [-0.39, 0.29) is 6.03 Å². The maximum atomic E-state index is 11.5. The van der Waals surface area contributed by atoms with Gasteiger partial charge >= 0.3 is 6.03 Å². The van der Waals surface area contributed by atoms with Gasteiger partial charge in [0, 0.05) is 25.0 Å². The second kappa shape index (κ2) is 5.11. The minimum Gasteiger partial charge on any atom is -0.360 e. The molecule has 2 rings (SSSR count). The van der Waals surface area contributed by atoms with Gasteiger partial charge in [-0.1, -0.05) is 11.2 Å². The van der Waals surface area contributed by atoms with Gasteiger partial charge in [-0.05, 0) is 18.6 Å². The van der Waals surface area contributed by atoms with Gasteiger partial charge in [-0.25, -0.2) is 4.79 Å². The summed E-state index contributed by atoms with van der Waals surface area (Å²) in [6.07, 6.45) is 3.38. The zero-order chi connectivity index (χ0) is 12.1. The summed E-state index contributed by atoms with van der Waals surface area (Å²) in [7, 11) is 0. The quantitative estimate of drug-likeness (QED) is 0.844. The monoisotopic (exact) mass is 232 g/mol. The number of amides is 2. The molecule has 0 saturated carbocycles. The van der Waals surface area contributed by atoms with Crippen LogP contribution < -0.4 is 10.6 Å². The van der Waals surface area contributed by atoms with Gasteiger partial charge in [-0.2, -0.15) is 0 Å². The number of carbonyl (C=O) groups excluding carboxylic acids is 1. The smallest absolute Gasteiger partial charge is 0.320 e. The Morgan fingerprint density at radius 2 is 2.41 bits per heavy atom. The fraction of sp³-hybridized carbons (Fsp3) is 0.182. The molecule has 0 radical (unpaired) electrons. The van der Waals surface area contributed by atoms with Crippen molar-refractivity contribution in [3.05, 3.63) is 41.9 Å². The molecule has 88 valence electrons. The van der Waals surface area contributed by atoms with Crippen molar-refractivity contribution < 1.29 is 9.32 Å². The van der Waals surface area contributed by atoms with Gasteiger partial charge in [-0.3, -0.25) is 10.3 Å². The number of nitrogens with zero attached hydrogens (tertiary/aromatic N) is 2. The third-order valence-corrected chi connectivity index (χ3v) is 2.05. The summed E-state index contributed by atoms with van der Waals surface area (Å²) in [5.41, 5.74) is 0.930. The normalized spacial score (nSPS) is 9.94. The predicted octanol–water partition coefficient (Wildman–Crippen LogP) is 1.70. The van der Waals surface area contributed by atoms with Crippen LogP contribution in [-0.4, -0.2) is 16.2 Å². The first-order chi connectivity index (χ1) is 8.24. The fourth-order valence-corrected chi connectivity index (χ4v) is 1.27. The highest BCUT2D eigenvalue weighted by atomic mass is 16.5. The topological polar surface area (TPSA) is 80.0 Å². The Morgan fingerprint density at radius 1 is 1.53 bits per heavy atom. The van der Waals surface area contributed by atoms with Gasteiger partial charge in [0.2, 0.25) is 0 Å². The Kier molecular flexibility index (Phi) is 3.34. The van der Waals surface area contributed by atoms with Crippen LogP contribution in [0.5, 0.6) is 0 Å². The number of nitrogens with one attached hydrogen (secondary N) is 2. The summed E-state index contributed by atoms with van der Waals surface area (Å²) in [5, 5.41) is 8.89.